The van der Waals surface area contributed by atoms with Crippen LogP contribution in [0, 0.1) is 0 Å². The van der Waals surface area contributed by atoms with E-state index < -0.39 is 0 Å². The van der Waals surface area contributed by atoms with E-state index in [1.165, 1.54) is 5.56 Å². The number of rotatable bonds is 1. The Morgan fingerprint density at radius 3 is 2.80 bits per heavy atom. The molecule has 0 atom stereocenters. The highest BCUT2D eigenvalue weighted by atomic mass is 35.5. The standard InChI is InChI=1S/C12H14ClNO/c1-12(2)8-14(11(15)7-13)10-6-4-3-5-9(10)12/h3-6H,7-8H2,1-2H3. The Morgan fingerprint density at radius 2 is 2.13 bits per heavy atom. The van der Waals surface area contributed by atoms with Gasteiger partial charge >= 0.3 is 0 Å². The van der Waals surface area contributed by atoms with Crippen LogP contribution in [0.1, 0.15) is 19.4 Å². The summed E-state index contributed by atoms with van der Waals surface area (Å²) in [6.07, 6.45) is 0. The number of halogens is 1. The fourth-order valence-corrected chi connectivity index (χ4v) is 2.29. The van der Waals surface area contributed by atoms with Gasteiger partial charge in [0.25, 0.3) is 0 Å². The summed E-state index contributed by atoms with van der Waals surface area (Å²) < 4.78 is 0. The third kappa shape index (κ3) is 1.63. The molecule has 3 heteroatoms. The molecule has 2 rings (SSSR count). The van der Waals surface area contributed by atoms with Crippen molar-refractivity contribution in [2.45, 2.75) is 19.3 Å². The molecule has 2 nitrogen and oxygen atoms in total. The number of hydrogen-bond acceptors (Lipinski definition) is 1. The average Bonchev–Trinajstić information content (AvgIpc) is 2.51. The minimum atomic E-state index is -0.0188. The summed E-state index contributed by atoms with van der Waals surface area (Å²) in [6, 6.07) is 8.02. The molecule has 0 spiro atoms. The van der Waals surface area contributed by atoms with E-state index in [0.717, 1.165) is 12.2 Å². The van der Waals surface area contributed by atoms with Crippen LogP contribution in [0.5, 0.6) is 0 Å². The second-order valence-electron chi connectivity index (χ2n) is 4.51. The third-order valence-electron chi connectivity index (χ3n) is 2.89. The summed E-state index contributed by atoms with van der Waals surface area (Å²) in [5, 5.41) is 0. The third-order valence-corrected chi connectivity index (χ3v) is 3.12. The highest BCUT2D eigenvalue weighted by Crippen LogP contribution is 2.40. The molecule has 0 N–H and O–H groups in total. The van der Waals surface area contributed by atoms with Crippen LogP contribution >= 0.6 is 11.6 Å². The van der Waals surface area contributed by atoms with E-state index in [0.29, 0.717) is 0 Å². The van der Waals surface area contributed by atoms with Gasteiger partial charge in [-0.2, -0.15) is 0 Å². The number of anilines is 1. The Morgan fingerprint density at radius 1 is 1.47 bits per heavy atom. The molecule has 1 heterocycles. The molecule has 15 heavy (non-hydrogen) atoms. The predicted octanol–water partition coefficient (Wildman–Crippen LogP) is 2.55. The van der Waals surface area contributed by atoms with Crippen molar-refractivity contribution < 1.29 is 4.79 Å². The predicted molar refractivity (Wildman–Crippen MR) is 62.5 cm³/mol. The van der Waals surface area contributed by atoms with Gasteiger partial charge in [0.15, 0.2) is 0 Å². The maximum absolute atomic E-state index is 11.7. The molecule has 80 valence electrons. The second-order valence-corrected chi connectivity index (χ2v) is 4.78. The molecule has 0 saturated carbocycles. The van der Waals surface area contributed by atoms with Gasteiger partial charge in [-0.3, -0.25) is 4.79 Å². The molecular weight excluding hydrogens is 210 g/mol. The van der Waals surface area contributed by atoms with E-state index in [1.807, 2.05) is 18.2 Å². The topological polar surface area (TPSA) is 20.3 Å². The first kappa shape index (κ1) is 10.5. The molecular formula is C12H14ClNO. The van der Waals surface area contributed by atoms with Crippen LogP contribution in [0.4, 0.5) is 5.69 Å². The Hall–Kier alpha value is -1.02. The minimum Gasteiger partial charge on any atom is -0.310 e. The molecule has 1 aliphatic heterocycles. The molecule has 0 aromatic heterocycles. The zero-order valence-corrected chi connectivity index (χ0v) is 9.71. The lowest BCUT2D eigenvalue weighted by Crippen LogP contribution is -2.34. The van der Waals surface area contributed by atoms with E-state index in [-0.39, 0.29) is 17.2 Å². The van der Waals surface area contributed by atoms with Gasteiger partial charge in [0.05, 0.1) is 0 Å². The molecule has 0 fully saturated rings. The lowest BCUT2D eigenvalue weighted by atomic mass is 9.87. The minimum absolute atomic E-state index is 0.0188. The number of alkyl halides is 1. The van der Waals surface area contributed by atoms with Gasteiger partial charge < -0.3 is 4.90 Å². The smallest absolute Gasteiger partial charge is 0.241 e. The fraction of sp³-hybridized carbons (Fsp3) is 0.417. The molecule has 0 aliphatic carbocycles. The summed E-state index contributed by atoms with van der Waals surface area (Å²) in [5.74, 6) is 0.0272. The van der Waals surface area contributed by atoms with E-state index in [2.05, 4.69) is 19.9 Å². The van der Waals surface area contributed by atoms with Gasteiger partial charge in [0.1, 0.15) is 5.88 Å². The number of nitrogens with zero attached hydrogens (tertiary/aromatic N) is 1. The first-order valence-electron chi connectivity index (χ1n) is 5.02. The first-order valence-corrected chi connectivity index (χ1v) is 5.55. The zero-order chi connectivity index (χ0) is 11.1. The Labute approximate surface area is 94.8 Å². The largest absolute Gasteiger partial charge is 0.310 e. The molecule has 1 aromatic rings. The van der Waals surface area contributed by atoms with Gasteiger partial charge in [-0.15, -0.1) is 11.6 Å². The van der Waals surface area contributed by atoms with Crippen molar-refractivity contribution in [3.8, 4) is 0 Å². The van der Waals surface area contributed by atoms with Gasteiger partial charge in [-0.1, -0.05) is 32.0 Å². The zero-order valence-electron chi connectivity index (χ0n) is 8.96. The maximum atomic E-state index is 11.7. The van der Waals surface area contributed by atoms with Crippen molar-refractivity contribution in [3.63, 3.8) is 0 Å². The van der Waals surface area contributed by atoms with Crippen molar-refractivity contribution in [3.05, 3.63) is 29.8 Å². The molecule has 0 radical (unpaired) electrons. The summed E-state index contributed by atoms with van der Waals surface area (Å²) >= 11 is 5.60. The van der Waals surface area contributed by atoms with Crippen LogP contribution in [0.3, 0.4) is 0 Å². The van der Waals surface area contributed by atoms with Crippen molar-refractivity contribution in [2.75, 3.05) is 17.3 Å². The summed E-state index contributed by atoms with van der Waals surface area (Å²) in [4.78, 5) is 13.4. The number of benzene rings is 1. The monoisotopic (exact) mass is 223 g/mol. The maximum Gasteiger partial charge on any atom is 0.241 e. The molecule has 1 amide bonds. The number of hydrogen-bond donors (Lipinski definition) is 0. The van der Waals surface area contributed by atoms with Gasteiger partial charge in [-0.05, 0) is 11.6 Å². The highest BCUT2D eigenvalue weighted by molar-refractivity contribution is 6.29. The highest BCUT2D eigenvalue weighted by Gasteiger charge is 2.36. The van der Waals surface area contributed by atoms with Crippen LogP contribution in [0.15, 0.2) is 24.3 Å². The molecule has 1 aliphatic rings. The van der Waals surface area contributed by atoms with Crippen LogP contribution in [-0.2, 0) is 10.2 Å². The number of fused-ring (bicyclic) bond motifs is 1. The number of carbonyl (C=O) groups is 1. The second kappa shape index (κ2) is 3.53. The van der Waals surface area contributed by atoms with Gasteiger partial charge in [-0.25, -0.2) is 0 Å². The van der Waals surface area contributed by atoms with Gasteiger partial charge in [0, 0.05) is 17.6 Å². The lowest BCUT2D eigenvalue weighted by Gasteiger charge is -2.19. The van der Waals surface area contributed by atoms with Crippen molar-refractivity contribution in [1.29, 1.82) is 0 Å². The van der Waals surface area contributed by atoms with Crippen LogP contribution in [0.25, 0.3) is 0 Å². The Kier molecular flexibility index (Phi) is 2.47. The Bertz CT molecular complexity index is 400. The van der Waals surface area contributed by atoms with E-state index in [1.54, 1.807) is 4.90 Å². The molecule has 0 unspecified atom stereocenters. The lowest BCUT2D eigenvalue weighted by molar-refractivity contribution is -0.116. The van der Waals surface area contributed by atoms with E-state index in [4.69, 9.17) is 11.6 Å². The molecule has 0 bridgehead atoms. The molecule has 0 saturated heterocycles. The molecule has 1 aromatic carbocycles. The van der Waals surface area contributed by atoms with Crippen molar-refractivity contribution in [1.82, 2.24) is 0 Å². The SMILES string of the molecule is CC1(C)CN(C(=O)CCl)c2ccccc21. The summed E-state index contributed by atoms with van der Waals surface area (Å²) in [6.45, 7) is 5.01. The Balaban J connectivity index is 2.47. The van der Waals surface area contributed by atoms with E-state index >= 15 is 0 Å². The van der Waals surface area contributed by atoms with Gasteiger partial charge in [0.2, 0.25) is 5.91 Å². The average molecular weight is 224 g/mol. The first-order chi connectivity index (χ1) is 7.06. The van der Waals surface area contributed by atoms with Crippen molar-refractivity contribution >= 4 is 23.2 Å². The number of amides is 1. The number of carbonyl (C=O) groups excluding carboxylic acids is 1. The van der Waals surface area contributed by atoms with Crippen LogP contribution in [-0.4, -0.2) is 18.3 Å². The number of para-hydroxylation sites is 1. The summed E-state index contributed by atoms with van der Waals surface area (Å²) in [7, 11) is 0. The quantitative estimate of drug-likeness (QED) is 0.670. The summed E-state index contributed by atoms with van der Waals surface area (Å²) in [5.41, 5.74) is 2.26. The van der Waals surface area contributed by atoms with Crippen LogP contribution in [0.2, 0.25) is 0 Å². The normalized spacial score (nSPS) is 17.7. The van der Waals surface area contributed by atoms with Crippen molar-refractivity contribution in [2.24, 2.45) is 0 Å². The van der Waals surface area contributed by atoms with E-state index in [9.17, 15) is 4.79 Å². The van der Waals surface area contributed by atoms with Crippen LogP contribution < -0.4 is 4.90 Å². The fourth-order valence-electron chi connectivity index (χ4n) is 2.14.